The zero-order valence-electron chi connectivity index (χ0n) is 36.2. The Morgan fingerprint density at radius 3 is 1.48 bits per heavy atom. The quantitative estimate of drug-likeness (QED) is 0.0323. The Labute approximate surface area is 344 Å². The highest BCUT2D eigenvalue weighted by Crippen LogP contribution is 2.19. The maximum absolute atomic E-state index is 12.8. The summed E-state index contributed by atoms with van der Waals surface area (Å²) in [7, 11) is 0. The van der Waals surface area contributed by atoms with Crippen molar-refractivity contribution in [2.75, 3.05) is 6.54 Å². The maximum Gasteiger partial charge on any atom is 0.326 e. The lowest BCUT2D eigenvalue weighted by atomic mass is 10.0. The molecule has 0 aromatic carbocycles. The van der Waals surface area contributed by atoms with Crippen LogP contribution in [0, 0.1) is 0 Å². The Bertz CT molecular complexity index is 1060. The van der Waals surface area contributed by atoms with Gasteiger partial charge in [-0.25, -0.2) is 4.79 Å². The number of aliphatic carboxylic acids is 1. The Hall–Kier alpha value is -2.93. The van der Waals surface area contributed by atoms with E-state index in [0.29, 0.717) is 32.2 Å². The van der Waals surface area contributed by atoms with Gasteiger partial charge < -0.3 is 20.9 Å². The molecular weight excluding hydrogens is 697 g/mol. The smallest absolute Gasteiger partial charge is 0.326 e. The monoisotopic (exact) mass is 783 g/mol. The van der Waals surface area contributed by atoms with E-state index in [1.54, 1.807) is 0 Å². The van der Waals surface area contributed by atoms with E-state index in [9.17, 15) is 19.5 Å². The number of nitrogens with one attached hydrogen (secondary N) is 1. The summed E-state index contributed by atoms with van der Waals surface area (Å²) in [5, 5.41) is 11.9. The lowest BCUT2D eigenvalue weighted by Gasteiger charge is -2.18. The molecule has 0 aromatic rings. The SMILES string of the molecule is CC/C=C\C/C=C\C/C=C\C/C=C\C/C=C\CCCCCC(=O)OC(CCCCCCCCCCCCC)CCCCCCCC(=O)NC(CCCN)C(=O)O. The second kappa shape index (κ2) is 43.2. The van der Waals surface area contributed by atoms with Crippen LogP contribution in [0.25, 0.3) is 0 Å². The van der Waals surface area contributed by atoms with Gasteiger partial charge in [0.1, 0.15) is 12.1 Å². The molecule has 0 fully saturated rings. The summed E-state index contributed by atoms with van der Waals surface area (Å²) >= 11 is 0. The number of amides is 1. The van der Waals surface area contributed by atoms with Crippen molar-refractivity contribution in [1.29, 1.82) is 0 Å². The van der Waals surface area contributed by atoms with Gasteiger partial charge in [0.25, 0.3) is 0 Å². The first-order valence-corrected chi connectivity index (χ1v) is 23.1. The van der Waals surface area contributed by atoms with Crippen molar-refractivity contribution in [2.45, 2.75) is 225 Å². The van der Waals surface area contributed by atoms with E-state index in [2.05, 4.69) is 79.9 Å². The lowest BCUT2D eigenvalue weighted by molar-refractivity contribution is -0.150. The molecule has 0 saturated heterocycles. The van der Waals surface area contributed by atoms with E-state index in [1.807, 2.05) is 0 Å². The lowest BCUT2D eigenvalue weighted by Crippen LogP contribution is -2.40. The number of esters is 1. The molecule has 2 unspecified atom stereocenters. The molecule has 0 aromatic heterocycles. The van der Waals surface area contributed by atoms with Crippen LogP contribution in [0.15, 0.2) is 60.8 Å². The average Bonchev–Trinajstić information content (AvgIpc) is 3.18. The van der Waals surface area contributed by atoms with Gasteiger partial charge in [0.2, 0.25) is 5.91 Å². The number of rotatable bonds is 41. The van der Waals surface area contributed by atoms with Crippen LogP contribution >= 0.6 is 0 Å². The highest BCUT2D eigenvalue weighted by Gasteiger charge is 2.19. The van der Waals surface area contributed by atoms with Gasteiger partial charge in [-0.05, 0) is 103 Å². The fourth-order valence-electron chi connectivity index (χ4n) is 6.65. The van der Waals surface area contributed by atoms with Crippen molar-refractivity contribution in [1.82, 2.24) is 5.32 Å². The van der Waals surface area contributed by atoms with E-state index in [0.717, 1.165) is 109 Å². The van der Waals surface area contributed by atoms with E-state index >= 15 is 0 Å². The largest absolute Gasteiger partial charge is 0.480 e. The van der Waals surface area contributed by atoms with Crippen LogP contribution in [-0.4, -0.2) is 41.6 Å². The summed E-state index contributed by atoms with van der Waals surface area (Å²) in [6, 6.07) is -0.861. The third-order valence-corrected chi connectivity index (χ3v) is 10.1. The van der Waals surface area contributed by atoms with Gasteiger partial charge in [0.15, 0.2) is 0 Å². The molecule has 0 aliphatic rings. The molecule has 0 saturated carbocycles. The van der Waals surface area contributed by atoms with Gasteiger partial charge in [-0.3, -0.25) is 9.59 Å². The first kappa shape index (κ1) is 53.1. The molecule has 7 nitrogen and oxygen atoms in total. The Morgan fingerprint density at radius 2 is 0.982 bits per heavy atom. The third kappa shape index (κ3) is 39.3. The number of hydrogen-bond donors (Lipinski definition) is 3. The standard InChI is InChI=1S/C49H86N2O5/c1-3-5-7-9-11-13-15-16-17-18-19-20-21-22-24-26-28-33-37-43-48(53)56-45(39-34-30-27-25-23-14-12-10-8-6-4-2)40-35-31-29-32-36-42-47(52)51-46(49(54)55)41-38-44-50/h5,7,11,13,16-17,19-20,22,24,45-46H,3-4,6,8-10,12,14-15,18,21,23,25-44,50H2,1-2H3,(H,51,52)(H,54,55)/b7-5-,13-11-,17-16-,20-19-,24-22-. The highest BCUT2D eigenvalue weighted by molar-refractivity contribution is 5.83. The van der Waals surface area contributed by atoms with Crippen LogP contribution in [0.4, 0.5) is 0 Å². The number of carbonyl (C=O) groups excluding carboxylic acids is 2. The molecule has 0 aliphatic carbocycles. The summed E-state index contributed by atoms with van der Waals surface area (Å²) in [6.45, 7) is 4.83. The molecule has 0 radical (unpaired) electrons. The summed E-state index contributed by atoms with van der Waals surface area (Å²) in [5.74, 6) is -1.26. The van der Waals surface area contributed by atoms with Crippen LogP contribution in [-0.2, 0) is 19.1 Å². The molecule has 1 amide bonds. The molecule has 7 heteroatoms. The number of ether oxygens (including phenoxy) is 1. The molecule has 4 N–H and O–H groups in total. The van der Waals surface area contributed by atoms with Crippen molar-refractivity contribution in [3.63, 3.8) is 0 Å². The molecule has 0 spiro atoms. The van der Waals surface area contributed by atoms with Crippen LogP contribution in [0.3, 0.4) is 0 Å². The van der Waals surface area contributed by atoms with Gasteiger partial charge in [0.05, 0.1) is 0 Å². The van der Waals surface area contributed by atoms with Crippen LogP contribution in [0.5, 0.6) is 0 Å². The summed E-state index contributed by atoms with van der Waals surface area (Å²) in [4.78, 5) is 36.4. The first-order chi connectivity index (χ1) is 27.4. The van der Waals surface area contributed by atoms with Crippen molar-refractivity contribution in [3.8, 4) is 0 Å². The fraction of sp³-hybridized carbons (Fsp3) is 0.735. The zero-order chi connectivity index (χ0) is 41.0. The van der Waals surface area contributed by atoms with E-state index < -0.39 is 12.0 Å². The molecule has 2 atom stereocenters. The molecule has 0 rings (SSSR count). The minimum atomic E-state index is -1.01. The van der Waals surface area contributed by atoms with Crippen molar-refractivity contribution < 1.29 is 24.2 Å². The Kier molecular flexibility index (Phi) is 40.9. The topological polar surface area (TPSA) is 119 Å². The van der Waals surface area contributed by atoms with Crippen molar-refractivity contribution in [2.24, 2.45) is 5.73 Å². The van der Waals surface area contributed by atoms with Gasteiger partial charge in [0, 0.05) is 12.8 Å². The normalized spacial score (nSPS) is 13.2. The Balaban J connectivity index is 4.35. The van der Waals surface area contributed by atoms with E-state index in [4.69, 9.17) is 10.5 Å². The highest BCUT2D eigenvalue weighted by atomic mass is 16.5. The number of carbonyl (C=O) groups is 3. The van der Waals surface area contributed by atoms with Crippen molar-refractivity contribution >= 4 is 17.8 Å². The first-order valence-electron chi connectivity index (χ1n) is 23.1. The third-order valence-electron chi connectivity index (χ3n) is 10.1. The zero-order valence-corrected chi connectivity index (χ0v) is 36.2. The fourth-order valence-corrected chi connectivity index (χ4v) is 6.65. The molecule has 0 heterocycles. The number of hydrogen-bond acceptors (Lipinski definition) is 5. The maximum atomic E-state index is 12.8. The van der Waals surface area contributed by atoms with Crippen LogP contribution < -0.4 is 11.1 Å². The molecule has 322 valence electrons. The number of allylic oxidation sites excluding steroid dienone is 10. The van der Waals surface area contributed by atoms with Gasteiger partial charge in [-0.15, -0.1) is 0 Å². The van der Waals surface area contributed by atoms with Gasteiger partial charge >= 0.3 is 11.9 Å². The molecule has 0 aliphatic heterocycles. The minimum absolute atomic E-state index is 0.00499. The minimum Gasteiger partial charge on any atom is -0.480 e. The Morgan fingerprint density at radius 1 is 0.536 bits per heavy atom. The number of unbranched alkanes of at least 4 members (excludes halogenated alkanes) is 17. The van der Waals surface area contributed by atoms with E-state index in [-0.39, 0.29) is 18.0 Å². The molecular formula is C49H86N2O5. The number of nitrogens with two attached hydrogens (primary N) is 1. The predicted octanol–water partition coefficient (Wildman–Crippen LogP) is 13.3. The summed E-state index contributed by atoms with van der Waals surface area (Å²) < 4.78 is 6.04. The number of carboxylic acid groups (broad SMARTS) is 1. The van der Waals surface area contributed by atoms with Gasteiger partial charge in [-0.2, -0.15) is 0 Å². The van der Waals surface area contributed by atoms with Crippen molar-refractivity contribution in [3.05, 3.63) is 60.8 Å². The predicted molar refractivity (Wildman–Crippen MR) is 239 cm³/mol. The second-order valence-electron chi connectivity index (χ2n) is 15.4. The average molecular weight is 783 g/mol. The number of carboxylic acids is 1. The molecule has 0 bridgehead atoms. The second-order valence-corrected chi connectivity index (χ2v) is 15.4. The van der Waals surface area contributed by atoms with Crippen LogP contribution in [0.2, 0.25) is 0 Å². The van der Waals surface area contributed by atoms with Crippen LogP contribution in [0.1, 0.15) is 213 Å². The van der Waals surface area contributed by atoms with E-state index in [1.165, 1.54) is 64.2 Å². The van der Waals surface area contributed by atoms with Gasteiger partial charge in [-0.1, -0.05) is 164 Å². The summed E-state index contributed by atoms with van der Waals surface area (Å²) in [6.07, 6.45) is 54.1. The molecule has 56 heavy (non-hydrogen) atoms. The summed E-state index contributed by atoms with van der Waals surface area (Å²) in [5.41, 5.74) is 5.49.